The number of ether oxygens (including phenoxy) is 2. The number of hydrogen-bond acceptors (Lipinski definition) is 6. The van der Waals surface area contributed by atoms with E-state index < -0.39 is 5.85 Å². The van der Waals surface area contributed by atoms with Crippen LogP contribution >= 0.6 is 0 Å². The van der Waals surface area contributed by atoms with Crippen molar-refractivity contribution in [3.05, 3.63) is 114 Å². The van der Waals surface area contributed by atoms with Crippen molar-refractivity contribution in [2.75, 3.05) is 14.2 Å². The second-order valence-corrected chi connectivity index (χ2v) is 7.69. The van der Waals surface area contributed by atoms with E-state index in [9.17, 15) is 0 Å². The predicted molar refractivity (Wildman–Crippen MR) is 132 cm³/mol. The lowest BCUT2D eigenvalue weighted by molar-refractivity contribution is -0.0859. The summed E-state index contributed by atoms with van der Waals surface area (Å²) in [6, 6.07) is 28.4. The third-order valence-corrected chi connectivity index (χ3v) is 5.61. The van der Waals surface area contributed by atoms with Gasteiger partial charge in [-0.3, -0.25) is 10.6 Å². The highest BCUT2D eigenvalue weighted by atomic mass is 16.6. The van der Waals surface area contributed by atoms with E-state index in [1.54, 1.807) is 18.2 Å². The van der Waals surface area contributed by atoms with E-state index in [4.69, 9.17) is 20.9 Å². The van der Waals surface area contributed by atoms with Gasteiger partial charge in [-0.2, -0.15) is 0 Å². The molecule has 6 heteroatoms. The fourth-order valence-corrected chi connectivity index (χ4v) is 3.86. The van der Waals surface area contributed by atoms with Crippen molar-refractivity contribution < 1.29 is 9.47 Å². The Bertz CT molecular complexity index is 1170. The van der Waals surface area contributed by atoms with Crippen LogP contribution in [0.5, 0.6) is 0 Å². The van der Waals surface area contributed by atoms with Gasteiger partial charge in [0.2, 0.25) is 5.96 Å². The lowest BCUT2D eigenvalue weighted by Gasteiger charge is -2.41. The summed E-state index contributed by atoms with van der Waals surface area (Å²) in [4.78, 5) is 6.16. The van der Waals surface area contributed by atoms with Gasteiger partial charge in [-0.25, -0.2) is 4.99 Å². The molecule has 1 atom stereocenters. The van der Waals surface area contributed by atoms with Crippen molar-refractivity contribution in [1.82, 2.24) is 4.90 Å². The number of guanidine groups is 1. The van der Waals surface area contributed by atoms with Crippen molar-refractivity contribution in [3.63, 3.8) is 0 Å². The van der Waals surface area contributed by atoms with Crippen LogP contribution in [-0.2, 0) is 15.9 Å². The normalized spacial score (nSPS) is 18.5. The minimum Gasteiger partial charge on any atom is -0.493 e. The summed E-state index contributed by atoms with van der Waals surface area (Å²) in [5, 5.41) is 0. The van der Waals surface area contributed by atoms with Crippen LogP contribution < -0.4 is 11.5 Å². The molecule has 168 valence electrons. The maximum atomic E-state index is 6.66. The average molecular weight is 441 g/mol. The maximum Gasteiger partial charge on any atom is 0.264 e. The van der Waals surface area contributed by atoms with Gasteiger partial charge in [-0.1, -0.05) is 84.9 Å². The quantitative estimate of drug-likeness (QED) is 0.535. The zero-order valence-electron chi connectivity index (χ0n) is 18.8. The molecule has 0 saturated heterocycles. The summed E-state index contributed by atoms with van der Waals surface area (Å²) in [6.45, 7) is 0. The molecule has 0 aliphatic carbocycles. The molecule has 4 rings (SSSR count). The summed E-state index contributed by atoms with van der Waals surface area (Å²) in [5.74, 6) is -0.791. The van der Waals surface area contributed by atoms with Crippen LogP contribution in [0.3, 0.4) is 0 Å². The maximum absolute atomic E-state index is 6.66. The van der Waals surface area contributed by atoms with Crippen molar-refractivity contribution in [2.24, 2.45) is 16.5 Å². The number of nitrogens with zero attached hydrogens (tertiary/aromatic N) is 2. The van der Waals surface area contributed by atoms with Gasteiger partial charge >= 0.3 is 0 Å². The summed E-state index contributed by atoms with van der Waals surface area (Å²) in [7, 11) is 3.08. The molecule has 6 nitrogen and oxygen atoms in total. The first-order valence-electron chi connectivity index (χ1n) is 10.7. The third-order valence-electron chi connectivity index (χ3n) is 5.61. The largest absolute Gasteiger partial charge is 0.493 e. The first-order chi connectivity index (χ1) is 16.0. The topological polar surface area (TPSA) is 86.1 Å². The van der Waals surface area contributed by atoms with E-state index in [2.05, 4.69) is 29.3 Å². The highest BCUT2D eigenvalue weighted by molar-refractivity contribution is 5.83. The van der Waals surface area contributed by atoms with E-state index in [0.29, 0.717) is 17.9 Å². The molecule has 0 amide bonds. The molecule has 0 spiro atoms. The van der Waals surface area contributed by atoms with Crippen LogP contribution in [0.15, 0.2) is 108 Å². The molecule has 0 radical (unpaired) electrons. The lowest BCUT2D eigenvalue weighted by atomic mass is 10.0. The highest BCUT2D eigenvalue weighted by Gasteiger charge is 2.44. The molecule has 0 saturated carbocycles. The predicted octanol–water partition coefficient (Wildman–Crippen LogP) is 4.31. The molecule has 0 fully saturated rings. The van der Waals surface area contributed by atoms with Gasteiger partial charge < -0.3 is 15.2 Å². The molecule has 0 bridgehead atoms. The summed E-state index contributed by atoms with van der Waals surface area (Å²) >= 11 is 0. The Kier molecular flexibility index (Phi) is 6.58. The Hall–Kier alpha value is -3.87. The Morgan fingerprint density at radius 2 is 1.48 bits per heavy atom. The number of methoxy groups -OCH3 is 2. The molecular weight excluding hydrogens is 412 g/mol. The van der Waals surface area contributed by atoms with Crippen LogP contribution in [0.25, 0.3) is 17.2 Å². The lowest BCUT2D eigenvalue weighted by Crippen LogP contribution is -2.62. The Morgan fingerprint density at radius 3 is 2.09 bits per heavy atom. The highest BCUT2D eigenvalue weighted by Crippen LogP contribution is 2.31. The third kappa shape index (κ3) is 4.67. The monoisotopic (exact) mass is 440 g/mol. The van der Waals surface area contributed by atoms with E-state index in [0.717, 1.165) is 16.7 Å². The summed E-state index contributed by atoms with van der Waals surface area (Å²) < 4.78 is 11.4. The number of hydrogen-bond donors (Lipinski definition) is 2. The zero-order valence-corrected chi connectivity index (χ0v) is 18.8. The molecule has 3 aromatic carbocycles. The first-order valence-corrected chi connectivity index (χ1v) is 10.7. The van der Waals surface area contributed by atoms with Gasteiger partial charge in [0.1, 0.15) is 0 Å². The minimum atomic E-state index is -1.43. The summed E-state index contributed by atoms with van der Waals surface area (Å²) in [5.41, 5.74) is 18.0. The standard InChI is InChI=1S/C27H28N4O2/c1-32-25-24(19-21-9-5-3-6-10-21)30-26(28)31(27(25,29)33-2)18-17-20-13-15-23(16-14-20)22-11-7-4-8-12-22/h3-18H,19,29H2,1-2H3,(H2,28,30). The Balaban J connectivity index is 1.60. The first kappa shape index (κ1) is 22.3. The number of benzene rings is 3. The van der Waals surface area contributed by atoms with Gasteiger partial charge in [0.25, 0.3) is 5.85 Å². The van der Waals surface area contributed by atoms with Crippen molar-refractivity contribution in [3.8, 4) is 11.1 Å². The summed E-state index contributed by atoms with van der Waals surface area (Å²) in [6.07, 6.45) is 4.19. The SMILES string of the molecule is COC1=C(Cc2ccccc2)N=C(N)N(C=Cc2ccc(-c3ccccc3)cc2)C1(N)OC. The van der Waals surface area contributed by atoms with E-state index in [-0.39, 0.29) is 5.96 Å². The van der Waals surface area contributed by atoms with Crippen molar-refractivity contribution in [2.45, 2.75) is 12.3 Å². The second kappa shape index (κ2) is 9.73. The van der Waals surface area contributed by atoms with Crippen LogP contribution in [0.2, 0.25) is 0 Å². The van der Waals surface area contributed by atoms with Gasteiger partial charge in [0, 0.05) is 19.7 Å². The average Bonchev–Trinajstić information content (AvgIpc) is 2.85. The smallest absolute Gasteiger partial charge is 0.264 e. The fraction of sp³-hybridized carbons (Fsp3) is 0.148. The van der Waals surface area contributed by atoms with Crippen LogP contribution in [0.4, 0.5) is 0 Å². The molecule has 4 N–H and O–H groups in total. The second-order valence-electron chi connectivity index (χ2n) is 7.69. The molecule has 3 aromatic rings. The number of nitrogens with two attached hydrogens (primary N) is 2. The minimum absolute atomic E-state index is 0.225. The molecule has 0 aromatic heterocycles. The fourth-order valence-electron chi connectivity index (χ4n) is 3.86. The van der Waals surface area contributed by atoms with Gasteiger partial charge in [-0.15, -0.1) is 0 Å². The zero-order chi connectivity index (χ0) is 23.3. The Morgan fingerprint density at radius 1 is 0.879 bits per heavy atom. The number of allylic oxidation sites excluding steroid dienone is 1. The van der Waals surface area contributed by atoms with Gasteiger partial charge in [-0.05, 0) is 28.3 Å². The van der Waals surface area contributed by atoms with E-state index >= 15 is 0 Å². The van der Waals surface area contributed by atoms with Crippen LogP contribution in [-0.4, -0.2) is 30.9 Å². The van der Waals surface area contributed by atoms with Crippen molar-refractivity contribution >= 4 is 12.0 Å². The molecule has 1 aliphatic rings. The van der Waals surface area contributed by atoms with E-state index in [1.807, 2.05) is 66.7 Å². The van der Waals surface area contributed by atoms with Crippen LogP contribution in [0, 0.1) is 0 Å². The number of rotatable bonds is 7. The number of aliphatic imine (C=N–C) groups is 1. The van der Waals surface area contributed by atoms with Gasteiger partial charge in [0.15, 0.2) is 5.76 Å². The molecule has 33 heavy (non-hydrogen) atoms. The Labute approximate surface area is 194 Å². The van der Waals surface area contributed by atoms with E-state index in [1.165, 1.54) is 12.7 Å². The molecule has 1 heterocycles. The van der Waals surface area contributed by atoms with Gasteiger partial charge in [0.05, 0.1) is 12.8 Å². The molecule has 1 unspecified atom stereocenters. The molecular formula is C27H28N4O2. The van der Waals surface area contributed by atoms with Crippen molar-refractivity contribution in [1.29, 1.82) is 0 Å². The molecule has 1 aliphatic heterocycles. The van der Waals surface area contributed by atoms with Crippen LogP contribution in [0.1, 0.15) is 11.1 Å².